The highest BCUT2D eigenvalue weighted by atomic mass is 32.2. The number of hydrogen-bond acceptors (Lipinski definition) is 7. The lowest BCUT2D eigenvalue weighted by Crippen LogP contribution is -2.04. The SMILES string of the molecule is CCS(=O)(=O)c1cccc(-c2nc(Nc3cc(C)[nH]n3)c3cc(C)sc3n2)c1. The zero-order valence-electron chi connectivity index (χ0n) is 15.6. The van der Waals surface area contributed by atoms with Crippen molar-refractivity contribution in [2.24, 2.45) is 0 Å². The number of hydrogen-bond donors (Lipinski definition) is 2. The van der Waals surface area contributed by atoms with Crippen molar-refractivity contribution in [3.05, 3.63) is 47.0 Å². The third-order valence-corrected chi connectivity index (χ3v) is 6.98. The molecule has 0 saturated heterocycles. The van der Waals surface area contributed by atoms with Gasteiger partial charge in [-0.15, -0.1) is 11.3 Å². The molecule has 0 unspecified atom stereocenters. The van der Waals surface area contributed by atoms with Gasteiger partial charge in [0, 0.05) is 22.2 Å². The number of benzene rings is 1. The molecule has 2 N–H and O–H groups in total. The van der Waals surface area contributed by atoms with E-state index in [0.717, 1.165) is 20.8 Å². The van der Waals surface area contributed by atoms with Gasteiger partial charge >= 0.3 is 0 Å². The number of nitrogens with zero attached hydrogens (tertiary/aromatic N) is 3. The Balaban J connectivity index is 1.85. The standard InChI is InChI=1S/C19H19N5O2S2/c1-4-28(25,26)14-7-5-6-13(10-14)17-21-18(20-16-8-11(2)23-24-16)15-9-12(3)27-19(15)22-17/h5-10H,4H2,1-3H3,(H2,20,21,22,23,24). The number of aromatic nitrogens is 4. The van der Waals surface area contributed by atoms with Crippen LogP contribution in [-0.4, -0.2) is 34.3 Å². The van der Waals surface area contributed by atoms with Gasteiger partial charge in [-0.2, -0.15) is 5.10 Å². The summed E-state index contributed by atoms with van der Waals surface area (Å²) in [7, 11) is -3.31. The fraction of sp³-hybridized carbons (Fsp3) is 0.211. The van der Waals surface area contributed by atoms with Crippen LogP contribution in [0.15, 0.2) is 41.3 Å². The first kappa shape index (κ1) is 18.6. The lowest BCUT2D eigenvalue weighted by Gasteiger charge is -2.08. The second kappa shape index (κ2) is 6.99. The summed E-state index contributed by atoms with van der Waals surface area (Å²) >= 11 is 1.57. The monoisotopic (exact) mass is 413 g/mol. The van der Waals surface area contributed by atoms with Gasteiger partial charge in [0.2, 0.25) is 0 Å². The Labute approximate surface area is 166 Å². The van der Waals surface area contributed by atoms with Gasteiger partial charge in [0.15, 0.2) is 21.5 Å². The summed E-state index contributed by atoms with van der Waals surface area (Å²) in [6.45, 7) is 5.57. The number of rotatable bonds is 5. The van der Waals surface area contributed by atoms with Crippen molar-refractivity contribution < 1.29 is 8.42 Å². The average Bonchev–Trinajstić information content (AvgIpc) is 3.26. The summed E-state index contributed by atoms with van der Waals surface area (Å²) in [5, 5.41) is 11.3. The first-order chi connectivity index (χ1) is 13.4. The maximum absolute atomic E-state index is 12.2. The van der Waals surface area contributed by atoms with E-state index in [0.29, 0.717) is 23.0 Å². The summed E-state index contributed by atoms with van der Waals surface area (Å²) in [5.74, 6) is 1.82. The normalized spacial score (nSPS) is 11.8. The van der Waals surface area contributed by atoms with Gasteiger partial charge in [-0.25, -0.2) is 18.4 Å². The lowest BCUT2D eigenvalue weighted by molar-refractivity contribution is 0.597. The molecule has 0 aliphatic heterocycles. The first-order valence-corrected chi connectivity index (χ1v) is 11.2. The molecule has 4 aromatic rings. The summed E-state index contributed by atoms with van der Waals surface area (Å²) in [4.78, 5) is 11.6. The maximum atomic E-state index is 12.2. The first-order valence-electron chi connectivity index (χ1n) is 8.76. The number of fused-ring (bicyclic) bond motifs is 1. The number of aromatic amines is 1. The molecule has 0 spiro atoms. The van der Waals surface area contributed by atoms with Crippen molar-refractivity contribution in [2.75, 3.05) is 11.1 Å². The van der Waals surface area contributed by atoms with E-state index in [1.165, 1.54) is 0 Å². The van der Waals surface area contributed by atoms with Gasteiger partial charge in [0.05, 0.1) is 16.0 Å². The molecular weight excluding hydrogens is 394 g/mol. The van der Waals surface area contributed by atoms with Crippen LogP contribution in [0.4, 0.5) is 11.6 Å². The molecule has 144 valence electrons. The summed E-state index contributed by atoms with van der Waals surface area (Å²) in [5.41, 5.74) is 1.59. The molecule has 7 nitrogen and oxygen atoms in total. The second-order valence-electron chi connectivity index (χ2n) is 6.46. The van der Waals surface area contributed by atoms with Crippen LogP contribution in [-0.2, 0) is 9.84 Å². The Morgan fingerprint density at radius 2 is 1.96 bits per heavy atom. The quantitative estimate of drug-likeness (QED) is 0.508. The zero-order chi connectivity index (χ0) is 19.9. The summed E-state index contributed by atoms with van der Waals surface area (Å²) in [6.07, 6.45) is 0. The Morgan fingerprint density at radius 3 is 2.68 bits per heavy atom. The van der Waals surface area contributed by atoms with E-state index in [2.05, 4.69) is 25.5 Å². The van der Waals surface area contributed by atoms with Crippen molar-refractivity contribution in [3.8, 4) is 11.4 Å². The molecular formula is C19H19N5O2S2. The Kier molecular flexibility index (Phi) is 4.64. The second-order valence-corrected chi connectivity index (χ2v) is 9.98. The molecule has 0 fully saturated rings. The minimum atomic E-state index is -3.31. The molecule has 4 rings (SSSR count). The van der Waals surface area contributed by atoms with Gasteiger partial charge in [-0.1, -0.05) is 19.1 Å². The topological polar surface area (TPSA) is 101 Å². The maximum Gasteiger partial charge on any atom is 0.178 e. The minimum Gasteiger partial charge on any atom is -0.323 e. The highest BCUT2D eigenvalue weighted by Gasteiger charge is 2.16. The van der Waals surface area contributed by atoms with Crippen LogP contribution in [0.25, 0.3) is 21.6 Å². The molecule has 0 saturated carbocycles. The van der Waals surface area contributed by atoms with Crippen molar-refractivity contribution >= 4 is 43.0 Å². The molecule has 3 heterocycles. The Hall–Kier alpha value is -2.78. The average molecular weight is 414 g/mol. The molecule has 28 heavy (non-hydrogen) atoms. The highest BCUT2D eigenvalue weighted by Crippen LogP contribution is 2.32. The summed E-state index contributed by atoms with van der Waals surface area (Å²) in [6, 6.07) is 10.7. The lowest BCUT2D eigenvalue weighted by atomic mass is 10.2. The van der Waals surface area contributed by atoms with E-state index < -0.39 is 9.84 Å². The van der Waals surface area contributed by atoms with Crippen molar-refractivity contribution in [2.45, 2.75) is 25.7 Å². The van der Waals surface area contributed by atoms with Crippen LogP contribution >= 0.6 is 11.3 Å². The number of aryl methyl sites for hydroxylation is 2. The Morgan fingerprint density at radius 1 is 1.14 bits per heavy atom. The number of H-pyrrole nitrogens is 1. The molecule has 1 aromatic carbocycles. The van der Waals surface area contributed by atoms with E-state index in [9.17, 15) is 8.42 Å². The molecule has 0 radical (unpaired) electrons. The molecule has 3 aromatic heterocycles. The molecule has 0 aliphatic carbocycles. The number of sulfone groups is 1. The van der Waals surface area contributed by atoms with Crippen LogP contribution < -0.4 is 5.32 Å². The molecule has 0 amide bonds. The van der Waals surface area contributed by atoms with Crippen molar-refractivity contribution in [3.63, 3.8) is 0 Å². The predicted molar refractivity (Wildman–Crippen MR) is 112 cm³/mol. The van der Waals surface area contributed by atoms with Crippen molar-refractivity contribution in [1.29, 1.82) is 0 Å². The summed E-state index contributed by atoms with van der Waals surface area (Å²) < 4.78 is 24.5. The fourth-order valence-corrected chi connectivity index (χ4v) is 4.67. The van der Waals surface area contributed by atoms with Gasteiger partial charge in [0.1, 0.15) is 10.6 Å². The smallest absolute Gasteiger partial charge is 0.178 e. The minimum absolute atomic E-state index is 0.0474. The largest absolute Gasteiger partial charge is 0.323 e. The molecule has 0 atom stereocenters. The van der Waals surface area contributed by atoms with Crippen LogP contribution in [0.3, 0.4) is 0 Å². The van der Waals surface area contributed by atoms with Crippen LogP contribution in [0.1, 0.15) is 17.5 Å². The third kappa shape index (κ3) is 3.50. The van der Waals surface area contributed by atoms with E-state index in [1.54, 1.807) is 36.5 Å². The van der Waals surface area contributed by atoms with E-state index >= 15 is 0 Å². The van der Waals surface area contributed by atoms with E-state index in [1.807, 2.05) is 32.0 Å². The third-order valence-electron chi connectivity index (χ3n) is 4.30. The van der Waals surface area contributed by atoms with Crippen LogP contribution in [0.5, 0.6) is 0 Å². The van der Waals surface area contributed by atoms with E-state index in [-0.39, 0.29) is 10.6 Å². The van der Waals surface area contributed by atoms with Gasteiger partial charge in [0.25, 0.3) is 0 Å². The zero-order valence-corrected chi connectivity index (χ0v) is 17.3. The number of anilines is 2. The Bertz CT molecular complexity index is 1270. The number of nitrogens with one attached hydrogen (secondary N) is 2. The highest BCUT2D eigenvalue weighted by molar-refractivity contribution is 7.91. The predicted octanol–water partition coefficient (Wildman–Crippen LogP) is 4.24. The molecule has 0 aliphatic rings. The van der Waals surface area contributed by atoms with Crippen LogP contribution in [0.2, 0.25) is 0 Å². The van der Waals surface area contributed by atoms with E-state index in [4.69, 9.17) is 0 Å². The molecule has 9 heteroatoms. The fourth-order valence-electron chi connectivity index (χ4n) is 2.87. The molecule has 0 bridgehead atoms. The van der Waals surface area contributed by atoms with Gasteiger partial charge < -0.3 is 5.32 Å². The van der Waals surface area contributed by atoms with Gasteiger partial charge in [-0.3, -0.25) is 5.10 Å². The van der Waals surface area contributed by atoms with Gasteiger partial charge in [-0.05, 0) is 32.0 Å². The number of thiophene rings is 1. The van der Waals surface area contributed by atoms with Crippen LogP contribution in [0, 0.1) is 13.8 Å². The van der Waals surface area contributed by atoms with Crippen molar-refractivity contribution in [1.82, 2.24) is 20.2 Å².